The van der Waals surface area contributed by atoms with Crippen LogP contribution in [0.3, 0.4) is 0 Å². The van der Waals surface area contributed by atoms with Crippen LogP contribution < -0.4 is 0 Å². The van der Waals surface area contributed by atoms with Crippen LogP contribution in [-0.4, -0.2) is 35.0 Å². The van der Waals surface area contributed by atoms with Crippen molar-refractivity contribution in [1.29, 1.82) is 0 Å². The highest BCUT2D eigenvalue weighted by Crippen LogP contribution is 2.34. The van der Waals surface area contributed by atoms with E-state index in [9.17, 15) is 22.8 Å². The molecule has 1 N–H and O–H groups in total. The molecule has 1 amide bonds. The van der Waals surface area contributed by atoms with Crippen LogP contribution in [0.25, 0.3) is 0 Å². The van der Waals surface area contributed by atoms with Crippen LogP contribution in [0.4, 0.5) is 13.2 Å². The van der Waals surface area contributed by atoms with Crippen LogP contribution in [-0.2, 0) is 21.2 Å². The molecule has 0 bridgehead atoms. The van der Waals surface area contributed by atoms with Gasteiger partial charge in [-0.2, -0.15) is 13.2 Å². The van der Waals surface area contributed by atoms with Crippen molar-refractivity contribution in [2.45, 2.75) is 38.3 Å². The first kappa shape index (κ1) is 18.3. The van der Waals surface area contributed by atoms with E-state index in [0.29, 0.717) is 19.4 Å². The number of carboxylic acids is 1. The second-order valence-corrected chi connectivity index (χ2v) is 6.63. The lowest BCUT2D eigenvalue weighted by Gasteiger charge is -2.36. The molecule has 0 aromatic heterocycles. The molecule has 4 nitrogen and oxygen atoms in total. The molecule has 0 saturated carbocycles. The van der Waals surface area contributed by atoms with Crippen molar-refractivity contribution in [3.63, 3.8) is 0 Å². The zero-order chi connectivity index (χ0) is 18.1. The molecule has 132 valence electrons. The molecule has 1 aromatic rings. The van der Waals surface area contributed by atoms with Crippen molar-refractivity contribution in [1.82, 2.24) is 4.90 Å². The van der Waals surface area contributed by atoms with Gasteiger partial charge in [0.15, 0.2) is 0 Å². The van der Waals surface area contributed by atoms with Gasteiger partial charge in [0.1, 0.15) is 0 Å². The maximum atomic E-state index is 12.9. The number of aliphatic carboxylic acids is 1. The quantitative estimate of drug-likeness (QED) is 0.916. The number of rotatable bonds is 3. The van der Waals surface area contributed by atoms with E-state index in [2.05, 4.69) is 0 Å². The molecule has 7 heteroatoms. The monoisotopic (exact) mass is 343 g/mol. The summed E-state index contributed by atoms with van der Waals surface area (Å²) in [6, 6.07) is 4.72. The molecule has 1 fully saturated rings. The summed E-state index contributed by atoms with van der Waals surface area (Å²) < 4.78 is 38.7. The molecule has 1 saturated heterocycles. The normalized spacial score (nSPS) is 19.2. The van der Waals surface area contributed by atoms with E-state index in [4.69, 9.17) is 5.11 Å². The van der Waals surface area contributed by atoms with Crippen molar-refractivity contribution in [2.24, 2.45) is 5.92 Å². The van der Waals surface area contributed by atoms with E-state index < -0.39 is 29.0 Å². The van der Waals surface area contributed by atoms with Gasteiger partial charge in [-0.15, -0.1) is 0 Å². The summed E-state index contributed by atoms with van der Waals surface area (Å²) in [7, 11) is 0. The highest BCUT2D eigenvalue weighted by atomic mass is 19.4. The Labute approximate surface area is 138 Å². The lowest BCUT2D eigenvalue weighted by Crippen LogP contribution is -2.49. The smallest absolute Gasteiger partial charge is 0.416 e. The first-order chi connectivity index (χ1) is 11.0. The van der Waals surface area contributed by atoms with Crippen LogP contribution in [0, 0.1) is 5.92 Å². The molecule has 0 aliphatic carbocycles. The number of piperidine rings is 1. The summed E-state index contributed by atoms with van der Waals surface area (Å²) in [5, 5.41) is 9.12. The Balaban J connectivity index is 2.26. The number of hydrogen-bond donors (Lipinski definition) is 1. The number of nitrogens with zero attached hydrogens (tertiary/aromatic N) is 1. The van der Waals surface area contributed by atoms with Crippen LogP contribution in [0.5, 0.6) is 0 Å². The third-order valence-corrected chi connectivity index (χ3v) is 4.50. The number of carbonyl (C=O) groups is 2. The van der Waals surface area contributed by atoms with Gasteiger partial charge in [-0.1, -0.05) is 18.2 Å². The van der Waals surface area contributed by atoms with Gasteiger partial charge < -0.3 is 10.0 Å². The molecule has 1 heterocycles. The number of hydrogen-bond acceptors (Lipinski definition) is 2. The van der Waals surface area contributed by atoms with Gasteiger partial charge >= 0.3 is 12.1 Å². The Hall–Kier alpha value is -2.05. The number of carbonyl (C=O) groups excluding carboxylic acids is 1. The first-order valence-corrected chi connectivity index (χ1v) is 7.73. The summed E-state index contributed by atoms with van der Waals surface area (Å²) >= 11 is 0. The van der Waals surface area contributed by atoms with Gasteiger partial charge in [0.05, 0.1) is 16.9 Å². The minimum atomic E-state index is -4.48. The predicted molar refractivity (Wildman–Crippen MR) is 81.4 cm³/mol. The Morgan fingerprint density at radius 3 is 2.42 bits per heavy atom. The molecule has 1 aromatic carbocycles. The van der Waals surface area contributed by atoms with Gasteiger partial charge in [0.2, 0.25) is 5.91 Å². The second kappa shape index (κ2) is 6.45. The summed E-state index contributed by atoms with van der Waals surface area (Å²) in [4.78, 5) is 25.4. The molecule has 1 aliphatic rings. The van der Waals surface area contributed by atoms with Gasteiger partial charge in [-0.05, 0) is 38.3 Å². The zero-order valence-corrected chi connectivity index (χ0v) is 13.6. The Kier molecular flexibility index (Phi) is 4.92. The molecule has 1 atom stereocenters. The molecule has 0 radical (unpaired) electrons. The van der Waals surface area contributed by atoms with E-state index in [-0.39, 0.29) is 18.0 Å². The van der Waals surface area contributed by atoms with Crippen LogP contribution in [0.15, 0.2) is 24.3 Å². The SMILES string of the molecule is CC(C)(C(=O)N1CCC[C@H](C(=O)O)C1)c1cccc(C(F)(F)F)c1. The lowest BCUT2D eigenvalue weighted by atomic mass is 9.81. The summed E-state index contributed by atoms with van der Waals surface area (Å²) in [6.07, 6.45) is -3.40. The van der Waals surface area contributed by atoms with Crippen LogP contribution in [0.1, 0.15) is 37.8 Å². The predicted octanol–water partition coefficient (Wildman–Crippen LogP) is 3.31. The molecule has 24 heavy (non-hydrogen) atoms. The minimum Gasteiger partial charge on any atom is -0.481 e. The molecular weight excluding hydrogens is 323 g/mol. The van der Waals surface area contributed by atoms with E-state index >= 15 is 0 Å². The van der Waals surface area contributed by atoms with E-state index in [0.717, 1.165) is 12.1 Å². The highest BCUT2D eigenvalue weighted by molar-refractivity contribution is 5.88. The Bertz CT molecular complexity index is 640. The number of benzene rings is 1. The Morgan fingerprint density at radius 2 is 1.83 bits per heavy atom. The fourth-order valence-electron chi connectivity index (χ4n) is 2.97. The Morgan fingerprint density at radius 1 is 1.21 bits per heavy atom. The van der Waals surface area contributed by atoms with E-state index in [1.54, 1.807) is 13.8 Å². The molecule has 0 spiro atoms. The average Bonchev–Trinajstić information content (AvgIpc) is 2.53. The van der Waals surface area contributed by atoms with Crippen LogP contribution in [0.2, 0.25) is 0 Å². The molecule has 0 unspecified atom stereocenters. The molecular formula is C17H20F3NO3. The summed E-state index contributed by atoms with van der Waals surface area (Å²) in [5.74, 6) is -1.93. The topological polar surface area (TPSA) is 57.6 Å². The second-order valence-electron chi connectivity index (χ2n) is 6.63. The summed E-state index contributed by atoms with van der Waals surface area (Å²) in [6.45, 7) is 3.64. The molecule has 2 rings (SSSR count). The van der Waals surface area contributed by atoms with Crippen molar-refractivity contribution in [3.8, 4) is 0 Å². The van der Waals surface area contributed by atoms with E-state index in [1.807, 2.05) is 0 Å². The fraction of sp³-hybridized carbons (Fsp3) is 0.529. The number of likely N-dealkylation sites (tertiary alicyclic amines) is 1. The number of amides is 1. The lowest BCUT2D eigenvalue weighted by molar-refractivity contribution is -0.147. The number of alkyl halides is 3. The zero-order valence-electron chi connectivity index (χ0n) is 13.6. The maximum absolute atomic E-state index is 12.9. The fourth-order valence-corrected chi connectivity index (χ4v) is 2.97. The number of halogens is 3. The van der Waals surface area contributed by atoms with Crippen molar-refractivity contribution < 1.29 is 27.9 Å². The largest absolute Gasteiger partial charge is 0.481 e. The van der Waals surface area contributed by atoms with Gasteiger partial charge in [-0.25, -0.2) is 0 Å². The highest BCUT2D eigenvalue weighted by Gasteiger charge is 2.39. The maximum Gasteiger partial charge on any atom is 0.416 e. The molecule has 1 aliphatic heterocycles. The standard InChI is InChI=1S/C17H20F3NO3/c1-16(2,12-6-3-7-13(9-12)17(18,19)20)15(24)21-8-4-5-11(10-21)14(22)23/h3,6-7,9,11H,4-5,8,10H2,1-2H3,(H,22,23)/t11-/m0/s1. The van der Waals surface area contributed by atoms with Crippen molar-refractivity contribution >= 4 is 11.9 Å². The number of carboxylic acid groups (broad SMARTS) is 1. The van der Waals surface area contributed by atoms with Crippen molar-refractivity contribution in [2.75, 3.05) is 13.1 Å². The average molecular weight is 343 g/mol. The van der Waals surface area contributed by atoms with Gasteiger partial charge in [-0.3, -0.25) is 9.59 Å². The van der Waals surface area contributed by atoms with Crippen LogP contribution >= 0.6 is 0 Å². The summed E-state index contributed by atoms with van der Waals surface area (Å²) in [5.41, 5.74) is -1.70. The minimum absolute atomic E-state index is 0.0938. The van der Waals surface area contributed by atoms with E-state index in [1.165, 1.54) is 17.0 Å². The van der Waals surface area contributed by atoms with Crippen molar-refractivity contribution in [3.05, 3.63) is 35.4 Å². The van der Waals surface area contributed by atoms with Gasteiger partial charge in [0, 0.05) is 13.1 Å². The third kappa shape index (κ3) is 3.71. The van der Waals surface area contributed by atoms with Gasteiger partial charge in [0.25, 0.3) is 0 Å². The third-order valence-electron chi connectivity index (χ3n) is 4.50. The first-order valence-electron chi connectivity index (χ1n) is 7.73.